The number of carbonyl (C=O) groups excluding carboxylic acids is 3. The van der Waals surface area contributed by atoms with Crippen LogP contribution in [-0.4, -0.2) is 43.4 Å². The van der Waals surface area contributed by atoms with Crippen molar-refractivity contribution >= 4 is 23.4 Å². The van der Waals surface area contributed by atoms with Gasteiger partial charge in [0, 0.05) is 6.07 Å². The highest BCUT2D eigenvalue weighted by Crippen LogP contribution is 2.65. The summed E-state index contributed by atoms with van der Waals surface area (Å²) in [6.45, 7) is -0.269. The molecule has 1 aromatic carbocycles. The second-order valence-electron chi connectivity index (χ2n) is 8.03. The Bertz CT molecular complexity index is 874. The lowest BCUT2D eigenvalue weighted by atomic mass is 9.63. The average Bonchev–Trinajstić information content (AvgIpc) is 3.49. The molecule has 1 aromatic rings. The zero-order valence-corrected chi connectivity index (χ0v) is 15.8. The number of likely N-dealkylation sites (tertiary alicyclic amines) is 1. The van der Waals surface area contributed by atoms with Gasteiger partial charge in [-0.3, -0.25) is 19.3 Å². The second kappa shape index (κ2) is 6.09. The van der Waals surface area contributed by atoms with Gasteiger partial charge >= 0.3 is 0 Å². The number of ether oxygens (including phenoxy) is 2. The molecule has 28 heavy (non-hydrogen) atoms. The second-order valence-corrected chi connectivity index (χ2v) is 8.03. The number of hydrogen-bond acceptors (Lipinski definition) is 5. The van der Waals surface area contributed by atoms with E-state index in [-0.39, 0.29) is 42.0 Å². The lowest BCUT2D eigenvalue weighted by Crippen LogP contribution is -2.40. The van der Waals surface area contributed by atoms with Gasteiger partial charge in [0.25, 0.3) is 0 Å². The van der Waals surface area contributed by atoms with Crippen molar-refractivity contribution in [3.8, 4) is 11.5 Å². The molecule has 0 radical (unpaired) electrons. The number of imide groups is 1. The minimum atomic E-state index is -0.422. The van der Waals surface area contributed by atoms with E-state index in [1.807, 2.05) is 0 Å². The Hall–Kier alpha value is -2.83. The van der Waals surface area contributed by atoms with Crippen LogP contribution in [0.1, 0.15) is 6.42 Å². The first-order valence-electron chi connectivity index (χ1n) is 9.59. The molecule has 7 heteroatoms. The van der Waals surface area contributed by atoms with Crippen molar-refractivity contribution in [1.82, 2.24) is 4.90 Å². The van der Waals surface area contributed by atoms with Gasteiger partial charge in [0.2, 0.25) is 17.7 Å². The molecule has 6 atom stereocenters. The molecular formula is C21H22N2O5. The number of nitrogens with zero attached hydrogens (tertiary/aromatic N) is 1. The minimum Gasteiger partial charge on any atom is -0.497 e. The zero-order valence-electron chi connectivity index (χ0n) is 15.8. The molecule has 1 saturated heterocycles. The fourth-order valence-electron chi connectivity index (χ4n) is 5.41. The third kappa shape index (κ3) is 2.38. The summed E-state index contributed by atoms with van der Waals surface area (Å²) in [5, 5.41) is 2.74. The van der Waals surface area contributed by atoms with Crippen LogP contribution in [0.5, 0.6) is 11.5 Å². The van der Waals surface area contributed by atoms with Crippen LogP contribution in [0.4, 0.5) is 5.69 Å². The summed E-state index contributed by atoms with van der Waals surface area (Å²) >= 11 is 0. The van der Waals surface area contributed by atoms with Crippen molar-refractivity contribution in [2.24, 2.45) is 35.5 Å². The molecule has 146 valence electrons. The van der Waals surface area contributed by atoms with Crippen LogP contribution < -0.4 is 14.8 Å². The van der Waals surface area contributed by atoms with Gasteiger partial charge in [-0.15, -0.1) is 0 Å². The molecule has 3 fully saturated rings. The fraction of sp³-hybridized carbons (Fsp3) is 0.476. The molecule has 0 aromatic heterocycles. The predicted octanol–water partition coefficient (Wildman–Crippen LogP) is 1.70. The molecule has 4 aliphatic carbocycles. The molecule has 2 bridgehead atoms. The summed E-state index contributed by atoms with van der Waals surface area (Å²) in [6, 6.07) is 5.03. The highest BCUT2D eigenvalue weighted by molar-refractivity contribution is 6.09. The predicted molar refractivity (Wildman–Crippen MR) is 99.6 cm³/mol. The fourth-order valence-corrected chi connectivity index (χ4v) is 5.41. The normalized spacial score (nSPS) is 34.1. The molecule has 6 rings (SSSR count). The zero-order chi connectivity index (χ0) is 19.6. The van der Waals surface area contributed by atoms with E-state index >= 15 is 0 Å². The number of hydrogen-bond donors (Lipinski definition) is 1. The molecule has 1 heterocycles. The van der Waals surface area contributed by atoms with E-state index < -0.39 is 5.91 Å². The minimum absolute atomic E-state index is 0.159. The Morgan fingerprint density at radius 2 is 1.71 bits per heavy atom. The monoisotopic (exact) mass is 382 g/mol. The molecule has 3 amide bonds. The van der Waals surface area contributed by atoms with Crippen molar-refractivity contribution in [3.63, 3.8) is 0 Å². The Morgan fingerprint density at radius 1 is 1.07 bits per heavy atom. The highest BCUT2D eigenvalue weighted by Gasteiger charge is 2.67. The van der Waals surface area contributed by atoms with E-state index in [0.717, 1.165) is 11.3 Å². The Balaban J connectivity index is 1.31. The number of methoxy groups -OCH3 is 2. The van der Waals surface area contributed by atoms with Crippen molar-refractivity contribution in [1.29, 1.82) is 0 Å². The number of allylic oxidation sites excluding steroid dienone is 2. The number of rotatable bonds is 5. The van der Waals surface area contributed by atoms with Crippen LogP contribution in [0, 0.1) is 35.5 Å². The van der Waals surface area contributed by atoms with E-state index in [1.165, 1.54) is 7.11 Å². The number of anilines is 1. The first-order valence-corrected chi connectivity index (χ1v) is 9.59. The van der Waals surface area contributed by atoms with Crippen LogP contribution in [0.15, 0.2) is 30.4 Å². The van der Waals surface area contributed by atoms with E-state index in [2.05, 4.69) is 17.5 Å². The molecule has 1 aliphatic heterocycles. The molecule has 2 saturated carbocycles. The molecule has 1 N–H and O–H groups in total. The van der Waals surface area contributed by atoms with Gasteiger partial charge in [0.15, 0.2) is 0 Å². The average molecular weight is 382 g/mol. The van der Waals surface area contributed by atoms with Crippen LogP contribution >= 0.6 is 0 Å². The first-order chi connectivity index (χ1) is 13.5. The van der Waals surface area contributed by atoms with Crippen molar-refractivity contribution in [3.05, 3.63) is 30.4 Å². The summed E-state index contributed by atoms with van der Waals surface area (Å²) in [5.74, 6) is 1.08. The number of carbonyl (C=O) groups is 3. The molecule has 7 nitrogen and oxygen atoms in total. The summed E-state index contributed by atoms with van der Waals surface area (Å²) in [6.07, 6.45) is 5.36. The van der Waals surface area contributed by atoms with E-state index in [9.17, 15) is 14.4 Å². The summed E-state index contributed by atoms with van der Waals surface area (Å²) in [5.41, 5.74) is 0.466. The van der Waals surface area contributed by atoms with Gasteiger partial charge in [-0.2, -0.15) is 0 Å². The van der Waals surface area contributed by atoms with Gasteiger partial charge in [-0.25, -0.2) is 0 Å². The van der Waals surface area contributed by atoms with Crippen LogP contribution in [0.2, 0.25) is 0 Å². The lowest BCUT2D eigenvalue weighted by Gasteiger charge is -2.37. The third-order valence-corrected chi connectivity index (χ3v) is 6.74. The maximum absolute atomic E-state index is 12.9. The first kappa shape index (κ1) is 17.3. The molecule has 5 aliphatic rings. The van der Waals surface area contributed by atoms with Crippen LogP contribution in [0.25, 0.3) is 0 Å². The highest BCUT2D eigenvalue weighted by atomic mass is 16.5. The van der Waals surface area contributed by atoms with Crippen LogP contribution in [-0.2, 0) is 14.4 Å². The smallest absolute Gasteiger partial charge is 0.244 e. The van der Waals surface area contributed by atoms with E-state index in [0.29, 0.717) is 29.0 Å². The van der Waals surface area contributed by atoms with Crippen molar-refractivity contribution < 1.29 is 23.9 Å². The van der Waals surface area contributed by atoms with Gasteiger partial charge in [-0.1, -0.05) is 12.2 Å². The number of benzene rings is 1. The maximum Gasteiger partial charge on any atom is 0.244 e. The number of amides is 3. The Morgan fingerprint density at radius 3 is 2.29 bits per heavy atom. The van der Waals surface area contributed by atoms with Crippen molar-refractivity contribution in [2.45, 2.75) is 6.42 Å². The van der Waals surface area contributed by atoms with E-state index in [1.54, 1.807) is 25.3 Å². The topological polar surface area (TPSA) is 84.9 Å². The van der Waals surface area contributed by atoms with Gasteiger partial charge < -0.3 is 14.8 Å². The quantitative estimate of drug-likeness (QED) is 0.619. The largest absolute Gasteiger partial charge is 0.497 e. The summed E-state index contributed by atoms with van der Waals surface area (Å²) in [7, 11) is 3.04. The summed E-state index contributed by atoms with van der Waals surface area (Å²) < 4.78 is 10.4. The molecule has 0 spiro atoms. The van der Waals surface area contributed by atoms with Gasteiger partial charge in [0.05, 0.1) is 31.7 Å². The number of nitrogens with one attached hydrogen (secondary N) is 1. The Kier molecular flexibility index (Phi) is 3.76. The SMILES string of the molecule is COc1ccc(NC(=O)CN2C(=O)C3C4C=CC(C5CC45)C3C2=O)c(OC)c1. The maximum atomic E-state index is 12.9. The molecule has 6 unspecified atom stereocenters. The molecular weight excluding hydrogens is 360 g/mol. The van der Waals surface area contributed by atoms with Gasteiger partial charge in [-0.05, 0) is 42.2 Å². The summed E-state index contributed by atoms with van der Waals surface area (Å²) in [4.78, 5) is 39.6. The van der Waals surface area contributed by atoms with E-state index in [4.69, 9.17) is 9.47 Å². The van der Waals surface area contributed by atoms with Gasteiger partial charge in [0.1, 0.15) is 18.0 Å². The lowest BCUT2D eigenvalue weighted by molar-refractivity contribution is -0.142. The van der Waals surface area contributed by atoms with Crippen molar-refractivity contribution in [2.75, 3.05) is 26.1 Å². The standard InChI is InChI=1S/C21H22N2O5/c1-27-10-3-6-15(16(7-10)28-2)22-17(24)9-23-20(25)18-11-4-5-12(14-8-13(11)14)19(18)21(23)26/h3-7,11-14,18-19H,8-9H2,1-2H3,(H,22,24). The van der Waals surface area contributed by atoms with Crippen LogP contribution in [0.3, 0.4) is 0 Å². The Labute approximate surface area is 162 Å². The third-order valence-electron chi connectivity index (χ3n) is 6.74.